The van der Waals surface area contributed by atoms with E-state index in [-0.39, 0.29) is 24.2 Å². The van der Waals surface area contributed by atoms with Gasteiger partial charge in [-0.25, -0.2) is 0 Å². The van der Waals surface area contributed by atoms with Gasteiger partial charge in [-0.15, -0.1) is 0 Å². The third kappa shape index (κ3) is 2.76. The standard InChI is InChI=1S/C11H14N4O5/c1-7(11(17)18)8-4-13(5-8)10(16)6-14-3-2-9(12-14)15(19)20/h2-3,7-8H,4-6H2,1H3,(H,17,18). The quantitative estimate of drug-likeness (QED) is 0.598. The molecule has 1 aromatic heterocycles. The lowest BCUT2D eigenvalue weighted by Gasteiger charge is -2.41. The topological polar surface area (TPSA) is 119 Å². The van der Waals surface area contributed by atoms with Crippen LogP contribution in [-0.2, 0) is 16.1 Å². The minimum absolute atomic E-state index is 0.0385. The number of aromatic nitrogens is 2. The summed E-state index contributed by atoms with van der Waals surface area (Å²) in [6.45, 7) is 2.33. The predicted octanol–water partition coefficient (Wildman–Crippen LogP) is -0.0296. The molecule has 1 amide bonds. The molecule has 9 nitrogen and oxygen atoms in total. The van der Waals surface area contributed by atoms with Gasteiger partial charge in [-0.1, -0.05) is 6.92 Å². The van der Waals surface area contributed by atoms with Crippen molar-refractivity contribution in [3.8, 4) is 0 Å². The van der Waals surface area contributed by atoms with Gasteiger partial charge in [-0.3, -0.25) is 9.59 Å². The van der Waals surface area contributed by atoms with Crippen LogP contribution in [-0.4, -0.2) is 49.7 Å². The molecule has 1 N–H and O–H groups in total. The summed E-state index contributed by atoms with van der Waals surface area (Å²) >= 11 is 0. The lowest BCUT2D eigenvalue weighted by molar-refractivity contribution is -0.389. The molecule has 2 rings (SSSR count). The van der Waals surface area contributed by atoms with Crippen molar-refractivity contribution in [2.45, 2.75) is 13.5 Å². The smallest absolute Gasteiger partial charge is 0.389 e. The molecule has 0 radical (unpaired) electrons. The van der Waals surface area contributed by atoms with E-state index in [2.05, 4.69) is 5.10 Å². The summed E-state index contributed by atoms with van der Waals surface area (Å²) in [6.07, 6.45) is 1.37. The molecular weight excluding hydrogens is 268 g/mol. The van der Waals surface area contributed by atoms with Crippen LogP contribution < -0.4 is 0 Å². The average molecular weight is 282 g/mol. The van der Waals surface area contributed by atoms with Crippen molar-refractivity contribution in [2.75, 3.05) is 13.1 Å². The van der Waals surface area contributed by atoms with Crippen LogP contribution in [0.4, 0.5) is 5.82 Å². The highest BCUT2D eigenvalue weighted by atomic mass is 16.6. The lowest BCUT2D eigenvalue weighted by atomic mass is 9.87. The molecule has 0 aromatic carbocycles. The zero-order valence-corrected chi connectivity index (χ0v) is 10.8. The van der Waals surface area contributed by atoms with Gasteiger partial charge in [0.2, 0.25) is 5.91 Å². The van der Waals surface area contributed by atoms with E-state index in [4.69, 9.17) is 5.11 Å². The Bertz CT molecular complexity index is 549. The number of carbonyl (C=O) groups is 2. The van der Waals surface area contributed by atoms with Gasteiger partial charge in [0, 0.05) is 19.0 Å². The van der Waals surface area contributed by atoms with Crippen LogP contribution in [0.2, 0.25) is 0 Å². The molecule has 20 heavy (non-hydrogen) atoms. The summed E-state index contributed by atoms with van der Waals surface area (Å²) in [7, 11) is 0. The second-order valence-electron chi connectivity index (χ2n) is 4.81. The van der Waals surface area contributed by atoms with Gasteiger partial charge >= 0.3 is 11.8 Å². The Morgan fingerprint density at radius 2 is 2.25 bits per heavy atom. The highest BCUT2D eigenvalue weighted by Gasteiger charge is 2.37. The van der Waals surface area contributed by atoms with E-state index in [1.165, 1.54) is 21.8 Å². The van der Waals surface area contributed by atoms with Crippen molar-refractivity contribution in [2.24, 2.45) is 11.8 Å². The number of amides is 1. The van der Waals surface area contributed by atoms with Gasteiger partial charge in [0.1, 0.15) is 6.54 Å². The number of hydrogen-bond acceptors (Lipinski definition) is 5. The summed E-state index contributed by atoms with van der Waals surface area (Å²) in [5.74, 6) is -1.92. The molecule has 9 heteroatoms. The van der Waals surface area contributed by atoms with Crippen molar-refractivity contribution in [3.63, 3.8) is 0 Å². The minimum atomic E-state index is -0.871. The fourth-order valence-corrected chi connectivity index (χ4v) is 2.01. The van der Waals surface area contributed by atoms with Gasteiger partial charge in [0.15, 0.2) is 0 Å². The summed E-state index contributed by atoms with van der Waals surface area (Å²) in [5, 5.41) is 23.0. The van der Waals surface area contributed by atoms with Crippen LogP contribution in [0.15, 0.2) is 12.3 Å². The number of rotatable bonds is 5. The number of carbonyl (C=O) groups excluding carboxylic acids is 1. The highest BCUT2D eigenvalue weighted by Crippen LogP contribution is 2.24. The Labute approximate surface area is 113 Å². The second kappa shape index (κ2) is 5.27. The summed E-state index contributed by atoms with van der Waals surface area (Å²) in [5.41, 5.74) is 0. The maximum Gasteiger partial charge on any atom is 0.389 e. The SMILES string of the molecule is CC(C(=O)O)C1CN(C(=O)Cn2ccc([N+](=O)[O-])n2)C1. The Hall–Kier alpha value is -2.45. The number of carboxylic acid groups (broad SMARTS) is 1. The average Bonchev–Trinajstić information content (AvgIpc) is 2.75. The van der Waals surface area contributed by atoms with Gasteiger partial charge in [0.05, 0.1) is 23.3 Å². The maximum atomic E-state index is 11.9. The zero-order chi connectivity index (χ0) is 14.9. The third-order valence-corrected chi connectivity index (χ3v) is 3.47. The molecule has 1 aromatic rings. The Kier molecular flexibility index (Phi) is 3.68. The molecule has 1 fully saturated rings. The molecule has 0 aliphatic carbocycles. The van der Waals surface area contributed by atoms with Crippen LogP contribution in [0.3, 0.4) is 0 Å². The number of carboxylic acids is 1. The normalized spacial score (nSPS) is 16.6. The summed E-state index contributed by atoms with van der Waals surface area (Å²) in [4.78, 5) is 34.0. The second-order valence-corrected chi connectivity index (χ2v) is 4.81. The molecule has 1 unspecified atom stereocenters. The Morgan fingerprint density at radius 1 is 1.60 bits per heavy atom. The fraction of sp³-hybridized carbons (Fsp3) is 0.545. The predicted molar refractivity (Wildman–Crippen MR) is 65.8 cm³/mol. The number of nitrogens with zero attached hydrogens (tertiary/aromatic N) is 4. The molecule has 1 atom stereocenters. The van der Waals surface area contributed by atoms with Crippen LogP contribution >= 0.6 is 0 Å². The minimum Gasteiger partial charge on any atom is -0.481 e. The highest BCUT2D eigenvalue weighted by molar-refractivity contribution is 5.77. The molecular formula is C11H14N4O5. The van der Waals surface area contributed by atoms with Gasteiger partial charge < -0.3 is 20.1 Å². The van der Waals surface area contributed by atoms with E-state index in [1.54, 1.807) is 6.92 Å². The van der Waals surface area contributed by atoms with Gasteiger partial charge in [0.25, 0.3) is 0 Å². The monoisotopic (exact) mass is 282 g/mol. The molecule has 1 aliphatic rings. The van der Waals surface area contributed by atoms with Crippen molar-refractivity contribution < 1.29 is 19.6 Å². The van der Waals surface area contributed by atoms with E-state index < -0.39 is 16.8 Å². The first-order valence-electron chi connectivity index (χ1n) is 6.07. The van der Waals surface area contributed by atoms with Crippen molar-refractivity contribution in [1.29, 1.82) is 0 Å². The molecule has 2 heterocycles. The van der Waals surface area contributed by atoms with Gasteiger partial charge in [-0.05, 0) is 4.92 Å². The molecule has 0 spiro atoms. The van der Waals surface area contributed by atoms with E-state index in [1.807, 2.05) is 0 Å². The molecule has 1 saturated heterocycles. The maximum absolute atomic E-state index is 11.9. The third-order valence-electron chi connectivity index (χ3n) is 3.47. The largest absolute Gasteiger partial charge is 0.481 e. The Morgan fingerprint density at radius 3 is 2.75 bits per heavy atom. The first-order chi connectivity index (χ1) is 9.38. The number of likely N-dealkylation sites (tertiary alicyclic amines) is 1. The van der Waals surface area contributed by atoms with Crippen LogP contribution in [0.5, 0.6) is 0 Å². The Balaban J connectivity index is 1.85. The molecule has 1 aliphatic heterocycles. The van der Waals surface area contributed by atoms with Crippen molar-refractivity contribution in [3.05, 3.63) is 22.4 Å². The first kappa shape index (κ1) is 14.0. The lowest BCUT2D eigenvalue weighted by Crippen LogP contribution is -2.54. The van der Waals surface area contributed by atoms with Crippen LogP contribution in [0.1, 0.15) is 6.92 Å². The van der Waals surface area contributed by atoms with Crippen molar-refractivity contribution >= 4 is 17.7 Å². The molecule has 0 bridgehead atoms. The number of nitro groups is 1. The van der Waals surface area contributed by atoms with E-state index >= 15 is 0 Å². The van der Waals surface area contributed by atoms with E-state index in [0.29, 0.717) is 13.1 Å². The number of hydrogen-bond donors (Lipinski definition) is 1. The first-order valence-corrected chi connectivity index (χ1v) is 6.07. The summed E-state index contributed by atoms with van der Waals surface area (Å²) in [6, 6.07) is 1.22. The van der Waals surface area contributed by atoms with Gasteiger partial charge in [-0.2, -0.15) is 4.68 Å². The van der Waals surface area contributed by atoms with Crippen LogP contribution in [0, 0.1) is 22.0 Å². The fourth-order valence-electron chi connectivity index (χ4n) is 2.01. The molecule has 108 valence electrons. The number of aliphatic carboxylic acids is 1. The van der Waals surface area contributed by atoms with E-state index in [0.717, 1.165) is 0 Å². The van der Waals surface area contributed by atoms with E-state index in [9.17, 15) is 19.7 Å². The van der Waals surface area contributed by atoms with Crippen molar-refractivity contribution in [1.82, 2.24) is 14.7 Å². The van der Waals surface area contributed by atoms with Crippen LogP contribution in [0.25, 0.3) is 0 Å². The molecule has 0 saturated carbocycles. The zero-order valence-electron chi connectivity index (χ0n) is 10.8. The summed E-state index contributed by atoms with van der Waals surface area (Å²) < 4.78 is 1.20.